The van der Waals surface area contributed by atoms with Gasteiger partial charge in [-0.05, 0) is 42.0 Å². The summed E-state index contributed by atoms with van der Waals surface area (Å²) in [5.74, 6) is -0.973. The van der Waals surface area contributed by atoms with E-state index in [9.17, 15) is 14.0 Å². The molecule has 0 saturated carbocycles. The van der Waals surface area contributed by atoms with Gasteiger partial charge in [-0.3, -0.25) is 9.59 Å². The number of anilines is 1. The zero-order valence-corrected chi connectivity index (χ0v) is 17.0. The van der Waals surface area contributed by atoms with Gasteiger partial charge in [0.05, 0.1) is 12.0 Å². The van der Waals surface area contributed by atoms with Gasteiger partial charge in [-0.25, -0.2) is 4.39 Å². The van der Waals surface area contributed by atoms with Crippen LogP contribution in [0.5, 0.6) is 0 Å². The number of hydrogen-bond acceptors (Lipinski definition) is 3. The van der Waals surface area contributed by atoms with E-state index in [2.05, 4.69) is 4.90 Å². The monoisotopic (exact) mass is 415 g/mol. The van der Waals surface area contributed by atoms with Crippen LogP contribution in [0.25, 0.3) is 0 Å². The predicted molar refractivity (Wildman–Crippen MR) is 110 cm³/mol. The molecule has 2 amide bonds. The number of carbonyl (C=O) groups excluding carboxylic acids is 2. The van der Waals surface area contributed by atoms with Gasteiger partial charge in [-0.1, -0.05) is 23.7 Å². The molecule has 0 aromatic heterocycles. The highest BCUT2D eigenvalue weighted by atomic mass is 35.5. The Balaban J connectivity index is 1.47. The van der Waals surface area contributed by atoms with Crippen molar-refractivity contribution >= 4 is 29.1 Å². The van der Waals surface area contributed by atoms with Crippen LogP contribution in [0, 0.1) is 11.7 Å². The molecule has 2 aromatic carbocycles. The Morgan fingerprint density at radius 1 is 1.07 bits per heavy atom. The van der Waals surface area contributed by atoms with E-state index in [1.165, 1.54) is 12.1 Å². The maximum absolute atomic E-state index is 13.7. The van der Waals surface area contributed by atoms with E-state index >= 15 is 0 Å². The Morgan fingerprint density at radius 2 is 1.76 bits per heavy atom. The first-order valence-corrected chi connectivity index (χ1v) is 10.1. The second kappa shape index (κ2) is 8.03. The number of halogens is 2. The van der Waals surface area contributed by atoms with E-state index in [4.69, 9.17) is 11.6 Å². The third-order valence-corrected chi connectivity index (χ3v) is 6.13. The minimum atomic E-state index is -0.489. The zero-order valence-electron chi connectivity index (χ0n) is 16.2. The molecule has 0 bridgehead atoms. The first-order chi connectivity index (χ1) is 13.9. The van der Waals surface area contributed by atoms with E-state index < -0.39 is 12.0 Å². The zero-order chi connectivity index (χ0) is 20.5. The number of likely N-dealkylation sites (tertiary alicyclic amines) is 1. The molecule has 2 aliphatic heterocycles. The summed E-state index contributed by atoms with van der Waals surface area (Å²) in [5, 5.41) is 0.695. The highest BCUT2D eigenvalue weighted by molar-refractivity contribution is 6.30. The SMILES string of the molecule is CN1C(=O)CC(C(=O)N2CCN(c3ccc(Cl)cc3)CC2)C1c1cccc(F)c1. The van der Waals surface area contributed by atoms with Crippen LogP contribution in [0.15, 0.2) is 48.5 Å². The molecule has 2 saturated heterocycles. The van der Waals surface area contributed by atoms with E-state index in [0.29, 0.717) is 36.8 Å². The Morgan fingerprint density at radius 3 is 2.41 bits per heavy atom. The number of nitrogens with zero attached hydrogens (tertiary/aromatic N) is 3. The fourth-order valence-corrected chi connectivity index (χ4v) is 4.44. The van der Waals surface area contributed by atoms with E-state index in [1.807, 2.05) is 29.2 Å². The Bertz CT molecular complexity index is 913. The number of rotatable bonds is 3. The molecule has 0 aliphatic carbocycles. The molecule has 2 atom stereocenters. The fourth-order valence-electron chi connectivity index (χ4n) is 4.31. The second-order valence-corrected chi connectivity index (χ2v) is 8.04. The molecule has 0 spiro atoms. The molecule has 152 valence electrons. The molecular weight excluding hydrogens is 393 g/mol. The van der Waals surface area contributed by atoms with Crippen molar-refractivity contribution in [2.75, 3.05) is 38.1 Å². The van der Waals surface area contributed by atoms with Crippen LogP contribution in [0.1, 0.15) is 18.0 Å². The Kier molecular flexibility index (Phi) is 5.46. The van der Waals surface area contributed by atoms with E-state index in [1.54, 1.807) is 24.1 Å². The standard InChI is InChI=1S/C22H23ClFN3O2/c1-25-20(28)14-19(21(25)15-3-2-4-17(24)13-15)22(29)27-11-9-26(10-12-27)18-7-5-16(23)6-8-18/h2-8,13,19,21H,9-12,14H2,1H3. The quantitative estimate of drug-likeness (QED) is 0.772. The van der Waals surface area contributed by atoms with Crippen LogP contribution >= 0.6 is 11.6 Å². The third-order valence-electron chi connectivity index (χ3n) is 5.88. The summed E-state index contributed by atoms with van der Waals surface area (Å²) in [7, 11) is 1.68. The first-order valence-electron chi connectivity index (χ1n) is 9.74. The molecular formula is C22H23ClFN3O2. The van der Waals surface area contributed by atoms with Crippen molar-refractivity contribution in [2.45, 2.75) is 12.5 Å². The molecule has 2 unspecified atom stereocenters. The van der Waals surface area contributed by atoms with Gasteiger partial charge < -0.3 is 14.7 Å². The second-order valence-electron chi connectivity index (χ2n) is 7.60. The molecule has 4 rings (SSSR count). The minimum absolute atomic E-state index is 0.0345. The molecule has 2 heterocycles. The van der Waals surface area contributed by atoms with Gasteiger partial charge >= 0.3 is 0 Å². The van der Waals surface area contributed by atoms with Crippen molar-refractivity contribution in [3.8, 4) is 0 Å². The van der Waals surface area contributed by atoms with Crippen molar-refractivity contribution in [1.82, 2.24) is 9.80 Å². The van der Waals surface area contributed by atoms with Crippen molar-refractivity contribution in [2.24, 2.45) is 5.92 Å². The normalized spacial score (nSPS) is 22.3. The van der Waals surface area contributed by atoms with Crippen molar-refractivity contribution in [1.29, 1.82) is 0 Å². The topological polar surface area (TPSA) is 43.9 Å². The maximum Gasteiger partial charge on any atom is 0.228 e. The predicted octanol–water partition coefficient (Wildman–Crippen LogP) is 3.35. The van der Waals surface area contributed by atoms with Gasteiger partial charge in [0.1, 0.15) is 5.82 Å². The van der Waals surface area contributed by atoms with Gasteiger partial charge in [0.25, 0.3) is 0 Å². The van der Waals surface area contributed by atoms with Crippen molar-refractivity contribution in [3.05, 3.63) is 64.9 Å². The maximum atomic E-state index is 13.7. The average Bonchev–Trinajstić information content (AvgIpc) is 3.03. The molecule has 0 radical (unpaired) electrons. The summed E-state index contributed by atoms with van der Waals surface area (Å²) in [6.45, 7) is 2.61. The molecule has 7 heteroatoms. The highest BCUT2D eigenvalue weighted by Gasteiger charge is 2.44. The lowest BCUT2D eigenvalue weighted by atomic mass is 9.92. The smallest absolute Gasteiger partial charge is 0.228 e. The van der Waals surface area contributed by atoms with Gasteiger partial charge in [-0.15, -0.1) is 0 Å². The summed E-state index contributed by atoms with van der Waals surface area (Å²) in [4.78, 5) is 31.2. The minimum Gasteiger partial charge on any atom is -0.368 e. The van der Waals surface area contributed by atoms with E-state index in [0.717, 1.165) is 5.69 Å². The van der Waals surface area contributed by atoms with Crippen LogP contribution in [-0.4, -0.2) is 54.8 Å². The van der Waals surface area contributed by atoms with Crippen molar-refractivity contribution in [3.63, 3.8) is 0 Å². The number of benzene rings is 2. The number of piperazine rings is 1. The molecule has 29 heavy (non-hydrogen) atoms. The lowest BCUT2D eigenvalue weighted by Gasteiger charge is -2.38. The summed E-state index contributed by atoms with van der Waals surface area (Å²) < 4.78 is 13.7. The highest BCUT2D eigenvalue weighted by Crippen LogP contribution is 2.38. The average molecular weight is 416 g/mol. The Labute approximate surface area is 174 Å². The van der Waals surface area contributed by atoms with Gasteiger partial charge in [-0.2, -0.15) is 0 Å². The molecule has 0 N–H and O–H groups in total. The summed E-state index contributed by atoms with van der Waals surface area (Å²) in [5.41, 5.74) is 1.74. The summed E-state index contributed by atoms with van der Waals surface area (Å²) >= 11 is 5.96. The first kappa shape index (κ1) is 19.7. The molecule has 2 aromatic rings. The third kappa shape index (κ3) is 3.94. The van der Waals surface area contributed by atoms with Gasteiger partial charge in [0.2, 0.25) is 11.8 Å². The molecule has 2 fully saturated rings. The van der Waals surface area contributed by atoms with Gasteiger partial charge in [0.15, 0.2) is 0 Å². The summed E-state index contributed by atoms with van der Waals surface area (Å²) in [6, 6.07) is 13.4. The van der Waals surface area contributed by atoms with Gasteiger partial charge in [0, 0.05) is 50.4 Å². The lowest BCUT2D eigenvalue weighted by molar-refractivity contribution is -0.136. The lowest BCUT2D eigenvalue weighted by Crippen LogP contribution is -2.51. The number of amides is 2. The van der Waals surface area contributed by atoms with Crippen molar-refractivity contribution < 1.29 is 14.0 Å². The van der Waals surface area contributed by atoms with Crippen LogP contribution in [0.4, 0.5) is 10.1 Å². The van der Waals surface area contributed by atoms with Crippen LogP contribution in [0.3, 0.4) is 0 Å². The molecule has 2 aliphatic rings. The number of hydrogen-bond donors (Lipinski definition) is 0. The fraction of sp³-hybridized carbons (Fsp3) is 0.364. The largest absolute Gasteiger partial charge is 0.368 e. The summed E-state index contributed by atoms with van der Waals surface area (Å²) in [6.07, 6.45) is 0.161. The van der Waals surface area contributed by atoms with E-state index in [-0.39, 0.29) is 24.1 Å². The van der Waals surface area contributed by atoms with Crippen LogP contribution in [-0.2, 0) is 9.59 Å². The van der Waals surface area contributed by atoms with Crippen LogP contribution in [0.2, 0.25) is 5.02 Å². The Hall–Kier alpha value is -2.60. The molecule has 5 nitrogen and oxygen atoms in total. The van der Waals surface area contributed by atoms with Crippen LogP contribution < -0.4 is 4.90 Å². The number of carbonyl (C=O) groups is 2.